The zero-order chi connectivity index (χ0) is 27.6. The monoisotopic (exact) mass is 539 g/mol. The van der Waals surface area contributed by atoms with E-state index in [1.807, 2.05) is 0 Å². The molecule has 0 bridgehead atoms. The second-order valence-electron chi connectivity index (χ2n) is 8.00. The molecule has 1 saturated heterocycles. The van der Waals surface area contributed by atoms with Crippen molar-refractivity contribution in [3.05, 3.63) is 63.9 Å². The molecule has 4 rings (SSSR count). The van der Waals surface area contributed by atoms with Crippen molar-refractivity contribution in [2.45, 2.75) is 19.9 Å². The van der Waals surface area contributed by atoms with Crippen molar-refractivity contribution < 1.29 is 38.4 Å². The fourth-order valence-electron chi connectivity index (χ4n) is 4.14. The Morgan fingerprint density at radius 3 is 2.26 bits per heavy atom. The molecular formula is C26H25N3O8S. The summed E-state index contributed by atoms with van der Waals surface area (Å²) < 4.78 is 21.5. The maximum atomic E-state index is 13.5. The van der Waals surface area contributed by atoms with Gasteiger partial charge < -0.3 is 24.1 Å². The largest absolute Gasteiger partial charge is 0.507 e. The topological polar surface area (TPSA) is 137 Å². The van der Waals surface area contributed by atoms with Gasteiger partial charge in [-0.3, -0.25) is 19.5 Å². The van der Waals surface area contributed by atoms with Gasteiger partial charge in [0.2, 0.25) is 5.75 Å². The van der Waals surface area contributed by atoms with Gasteiger partial charge in [0.05, 0.1) is 45.2 Å². The summed E-state index contributed by atoms with van der Waals surface area (Å²) in [5.74, 6) is -1.98. The van der Waals surface area contributed by atoms with Crippen LogP contribution in [0.3, 0.4) is 0 Å². The van der Waals surface area contributed by atoms with Crippen molar-refractivity contribution in [2.24, 2.45) is 0 Å². The number of rotatable bonds is 8. The van der Waals surface area contributed by atoms with Crippen LogP contribution in [0, 0.1) is 6.92 Å². The molecule has 1 amide bonds. The molecule has 11 nitrogen and oxygen atoms in total. The molecule has 1 unspecified atom stereocenters. The van der Waals surface area contributed by atoms with E-state index in [1.54, 1.807) is 26.0 Å². The Labute approximate surface area is 222 Å². The van der Waals surface area contributed by atoms with Gasteiger partial charge in [0, 0.05) is 18.0 Å². The molecule has 0 spiro atoms. The number of nitrogens with zero attached hydrogens (tertiary/aromatic N) is 3. The molecule has 38 heavy (non-hydrogen) atoms. The molecule has 1 atom stereocenters. The Morgan fingerprint density at radius 1 is 1.08 bits per heavy atom. The quantitative estimate of drug-likeness (QED) is 0.195. The molecule has 1 fully saturated rings. The van der Waals surface area contributed by atoms with Crippen LogP contribution in [0.15, 0.2) is 42.2 Å². The van der Waals surface area contributed by atoms with Crippen LogP contribution < -0.4 is 19.1 Å². The molecular weight excluding hydrogens is 514 g/mol. The van der Waals surface area contributed by atoms with Gasteiger partial charge in [0.25, 0.3) is 5.78 Å². The highest BCUT2D eigenvalue weighted by molar-refractivity contribution is 7.17. The number of esters is 1. The number of hydrogen-bond donors (Lipinski definition) is 1. The summed E-state index contributed by atoms with van der Waals surface area (Å²) in [7, 11) is 4.32. The van der Waals surface area contributed by atoms with E-state index in [9.17, 15) is 19.5 Å². The summed E-state index contributed by atoms with van der Waals surface area (Å²) in [6, 6.07) is 5.05. The van der Waals surface area contributed by atoms with Gasteiger partial charge in [-0.05, 0) is 43.7 Å². The molecule has 3 aromatic rings. The highest BCUT2D eigenvalue weighted by Crippen LogP contribution is 2.48. The summed E-state index contributed by atoms with van der Waals surface area (Å²) in [6.45, 7) is 3.44. The summed E-state index contributed by atoms with van der Waals surface area (Å²) in [5, 5.41) is 11.3. The molecule has 0 saturated carbocycles. The third kappa shape index (κ3) is 4.54. The number of Topliss-reactive ketones (excluding diaryl/α,β-unsaturated/α-hetero) is 1. The highest BCUT2D eigenvalue weighted by Gasteiger charge is 2.49. The molecule has 1 aliphatic rings. The van der Waals surface area contributed by atoms with E-state index in [0.717, 1.165) is 16.2 Å². The molecule has 1 N–H and O–H groups in total. The number of aryl methyl sites for hydroxylation is 1. The number of hydrogen-bond acceptors (Lipinski definition) is 11. The Kier molecular flexibility index (Phi) is 7.62. The molecule has 1 aliphatic heterocycles. The average molecular weight is 540 g/mol. The number of pyridine rings is 1. The van der Waals surface area contributed by atoms with Crippen LogP contribution in [0.5, 0.6) is 17.2 Å². The second kappa shape index (κ2) is 10.9. The summed E-state index contributed by atoms with van der Waals surface area (Å²) in [4.78, 5) is 49.0. The van der Waals surface area contributed by atoms with Crippen molar-refractivity contribution in [1.29, 1.82) is 0 Å². The molecule has 0 aliphatic carbocycles. The minimum Gasteiger partial charge on any atom is -0.507 e. The number of ketones is 1. The van der Waals surface area contributed by atoms with Gasteiger partial charge in [-0.15, -0.1) is 0 Å². The van der Waals surface area contributed by atoms with Crippen LogP contribution in [0.2, 0.25) is 0 Å². The number of methoxy groups -OCH3 is 3. The summed E-state index contributed by atoms with van der Waals surface area (Å²) in [6.07, 6.45) is 2.91. The minimum absolute atomic E-state index is 0.0835. The van der Waals surface area contributed by atoms with E-state index in [1.165, 1.54) is 45.9 Å². The second-order valence-corrected chi connectivity index (χ2v) is 8.97. The number of thiazole rings is 1. The van der Waals surface area contributed by atoms with E-state index in [4.69, 9.17) is 18.9 Å². The van der Waals surface area contributed by atoms with E-state index in [2.05, 4.69) is 9.97 Å². The lowest BCUT2D eigenvalue weighted by atomic mass is 9.95. The SMILES string of the molecule is CCOC(=O)c1sc(N2C(=O)C(=O)C(=C(O)c3ccncc3)C2c2cc(OC)c(OC)c(OC)c2)nc1C. The number of aliphatic hydroxyl groups is 1. The van der Waals surface area contributed by atoms with Crippen molar-refractivity contribution in [3.8, 4) is 17.2 Å². The first kappa shape index (κ1) is 26.6. The van der Waals surface area contributed by atoms with E-state index in [0.29, 0.717) is 17.0 Å². The van der Waals surface area contributed by atoms with Crippen molar-refractivity contribution in [3.63, 3.8) is 0 Å². The summed E-state index contributed by atoms with van der Waals surface area (Å²) in [5.41, 5.74) is 0.821. The first-order valence-corrected chi connectivity index (χ1v) is 12.2. The van der Waals surface area contributed by atoms with E-state index < -0.39 is 29.5 Å². The zero-order valence-electron chi connectivity index (χ0n) is 21.3. The van der Waals surface area contributed by atoms with Crippen LogP contribution >= 0.6 is 11.3 Å². The number of aliphatic hydroxyl groups excluding tert-OH is 1. The van der Waals surface area contributed by atoms with Crippen LogP contribution in [-0.2, 0) is 14.3 Å². The van der Waals surface area contributed by atoms with Crippen molar-refractivity contribution >= 4 is 39.9 Å². The van der Waals surface area contributed by atoms with Gasteiger partial charge in [0.15, 0.2) is 16.6 Å². The van der Waals surface area contributed by atoms with Gasteiger partial charge in [-0.25, -0.2) is 9.78 Å². The first-order chi connectivity index (χ1) is 18.3. The van der Waals surface area contributed by atoms with Gasteiger partial charge in [0.1, 0.15) is 10.6 Å². The molecule has 12 heteroatoms. The first-order valence-electron chi connectivity index (χ1n) is 11.4. The third-order valence-electron chi connectivity index (χ3n) is 5.85. The number of aromatic nitrogens is 2. The average Bonchev–Trinajstić information content (AvgIpc) is 3.44. The fourth-order valence-corrected chi connectivity index (χ4v) is 5.13. The van der Waals surface area contributed by atoms with Crippen LogP contribution in [0.1, 0.15) is 39.5 Å². The Balaban J connectivity index is 1.99. The Morgan fingerprint density at radius 2 is 1.71 bits per heavy atom. The van der Waals surface area contributed by atoms with Crippen molar-refractivity contribution in [1.82, 2.24) is 9.97 Å². The molecule has 2 aromatic heterocycles. The normalized spacial score (nSPS) is 16.4. The third-order valence-corrected chi connectivity index (χ3v) is 6.99. The highest BCUT2D eigenvalue weighted by atomic mass is 32.1. The predicted octanol–water partition coefficient (Wildman–Crippen LogP) is 3.68. The van der Waals surface area contributed by atoms with Crippen LogP contribution in [0.4, 0.5) is 5.13 Å². The van der Waals surface area contributed by atoms with Gasteiger partial charge in [-0.2, -0.15) is 0 Å². The van der Waals surface area contributed by atoms with E-state index in [-0.39, 0.29) is 39.3 Å². The van der Waals surface area contributed by atoms with Crippen molar-refractivity contribution in [2.75, 3.05) is 32.8 Å². The fraction of sp³-hybridized carbons (Fsp3) is 0.269. The maximum Gasteiger partial charge on any atom is 0.350 e. The number of anilines is 1. The Hall–Kier alpha value is -4.45. The smallest absolute Gasteiger partial charge is 0.350 e. The predicted molar refractivity (Wildman–Crippen MR) is 138 cm³/mol. The molecule has 198 valence electrons. The standard InChI is InChI=1S/C26H25N3O8S/c1-6-37-25(33)23-13(2)28-26(38-23)29-19(15-11-16(34-3)22(36-5)17(12-15)35-4)18(21(31)24(29)32)20(30)14-7-9-27-10-8-14/h7-12,19,30H,6H2,1-5H3. The maximum absolute atomic E-state index is 13.5. The number of benzene rings is 1. The van der Waals surface area contributed by atoms with Gasteiger partial charge in [-0.1, -0.05) is 11.3 Å². The number of ether oxygens (including phenoxy) is 4. The Bertz CT molecular complexity index is 1410. The van der Waals surface area contributed by atoms with Gasteiger partial charge >= 0.3 is 11.9 Å². The zero-order valence-corrected chi connectivity index (χ0v) is 22.1. The summed E-state index contributed by atoms with van der Waals surface area (Å²) >= 11 is 0.912. The number of carbonyl (C=O) groups excluding carboxylic acids is 3. The molecule has 0 radical (unpaired) electrons. The minimum atomic E-state index is -1.14. The number of carbonyl (C=O) groups is 3. The lowest BCUT2D eigenvalue weighted by Crippen LogP contribution is -2.29. The molecule has 1 aromatic carbocycles. The van der Waals surface area contributed by atoms with Crippen LogP contribution in [-0.4, -0.2) is 60.7 Å². The number of amides is 1. The van der Waals surface area contributed by atoms with E-state index >= 15 is 0 Å². The van der Waals surface area contributed by atoms with Crippen LogP contribution in [0.25, 0.3) is 5.76 Å². The lowest BCUT2D eigenvalue weighted by Gasteiger charge is -2.24. The molecule has 3 heterocycles. The lowest BCUT2D eigenvalue weighted by molar-refractivity contribution is -0.132.